The zero-order chi connectivity index (χ0) is 15.7. The highest BCUT2D eigenvalue weighted by molar-refractivity contribution is 5.94. The fourth-order valence-electron chi connectivity index (χ4n) is 2.64. The SMILES string of the molecule is CCOc1ccc([C@@H]2CC(=O)Nc3nc(N)[nH]c(=O)c32)cc1. The summed E-state index contributed by atoms with van der Waals surface area (Å²) in [7, 11) is 0. The lowest BCUT2D eigenvalue weighted by Crippen LogP contribution is -2.31. The van der Waals surface area contributed by atoms with Crippen LogP contribution in [0.25, 0.3) is 0 Å². The first-order valence-corrected chi connectivity index (χ1v) is 7.00. The second-order valence-corrected chi connectivity index (χ2v) is 5.02. The van der Waals surface area contributed by atoms with Gasteiger partial charge in [-0.3, -0.25) is 14.6 Å². The Bertz CT molecular complexity index is 767. The predicted octanol–water partition coefficient (Wildman–Crippen LogP) is 1.22. The highest BCUT2D eigenvalue weighted by Crippen LogP contribution is 2.34. The third kappa shape index (κ3) is 2.52. The van der Waals surface area contributed by atoms with Gasteiger partial charge in [0.2, 0.25) is 11.9 Å². The second kappa shape index (κ2) is 5.51. The molecule has 0 fully saturated rings. The number of carbonyl (C=O) groups is 1. The minimum atomic E-state index is -0.351. The molecular weight excluding hydrogens is 284 g/mol. The maximum Gasteiger partial charge on any atom is 0.258 e. The molecule has 1 aromatic heterocycles. The lowest BCUT2D eigenvalue weighted by molar-refractivity contribution is -0.116. The fourth-order valence-corrected chi connectivity index (χ4v) is 2.64. The van der Waals surface area contributed by atoms with Gasteiger partial charge in [0.1, 0.15) is 11.6 Å². The number of nitrogen functional groups attached to an aromatic ring is 1. The minimum Gasteiger partial charge on any atom is -0.494 e. The van der Waals surface area contributed by atoms with Crippen LogP contribution >= 0.6 is 0 Å². The smallest absolute Gasteiger partial charge is 0.258 e. The fraction of sp³-hybridized carbons (Fsp3) is 0.267. The van der Waals surface area contributed by atoms with Crippen molar-refractivity contribution < 1.29 is 9.53 Å². The zero-order valence-electron chi connectivity index (χ0n) is 12.1. The van der Waals surface area contributed by atoms with Crippen LogP contribution in [0.1, 0.15) is 30.4 Å². The molecule has 1 aromatic carbocycles. The first-order valence-electron chi connectivity index (χ1n) is 7.00. The molecule has 7 heteroatoms. The molecule has 4 N–H and O–H groups in total. The summed E-state index contributed by atoms with van der Waals surface area (Å²) < 4.78 is 5.40. The second-order valence-electron chi connectivity index (χ2n) is 5.02. The number of benzene rings is 1. The van der Waals surface area contributed by atoms with Crippen LogP contribution in [0, 0.1) is 0 Å². The van der Waals surface area contributed by atoms with Crippen LogP contribution in [0.2, 0.25) is 0 Å². The molecule has 1 aliphatic rings. The molecule has 0 unspecified atom stereocenters. The molecule has 0 saturated carbocycles. The van der Waals surface area contributed by atoms with Gasteiger partial charge in [0.25, 0.3) is 5.56 Å². The Labute approximate surface area is 126 Å². The van der Waals surface area contributed by atoms with Crippen molar-refractivity contribution in [3.8, 4) is 5.75 Å². The average Bonchev–Trinajstić information content (AvgIpc) is 2.46. The van der Waals surface area contributed by atoms with Crippen molar-refractivity contribution in [3.63, 3.8) is 0 Å². The number of H-pyrrole nitrogens is 1. The summed E-state index contributed by atoms with van der Waals surface area (Å²) in [5.41, 5.74) is 6.49. The number of hydrogen-bond donors (Lipinski definition) is 3. The summed E-state index contributed by atoms with van der Waals surface area (Å²) >= 11 is 0. The van der Waals surface area contributed by atoms with E-state index in [0.29, 0.717) is 12.2 Å². The molecule has 3 rings (SSSR count). The molecule has 2 aromatic rings. The first-order chi connectivity index (χ1) is 10.6. The molecule has 22 heavy (non-hydrogen) atoms. The zero-order valence-corrected chi connectivity index (χ0v) is 12.1. The van der Waals surface area contributed by atoms with Crippen LogP contribution in [0.3, 0.4) is 0 Å². The number of aromatic amines is 1. The van der Waals surface area contributed by atoms with E-state index in [-0.39, 0.29) is 35.6 Å². The number of nitrogens with one attached hydrogen (secondary N) is 2. The summed E-state index contributed by atoms with van der Waals surface area (Å²) in [6.45, 7) is 2.49. The number of amides is 1. The highest BCUT2D eigenvalue weighted by Gasteiger charge is 2.30. The Morgan fingerprint density at radius 3 is 2.73 bits per heavy atom. The first kappa shape index (κ1) is 14.1. The lowest BCUT2D eigenvalue weighted by Gasteiger charge is -2.24. The average molecular weight is 300 g/mol. The van der Waals surface area contributed by atoms with E-state index in [1.807, 2.05) is 31.2 Å². The normalized spacial score (nSPS) is 16.8. The molecule has 0 spiro atoms. The monoisotopic (exact) mass is 300 g/mol. The molecule has 0 saturated heterocycles. The van der Waals surface area contributed by atoms with Crippen molar-refractivity contribution in [2.24, 2.45) is 0 Å². The number of fused-ring (bicyclic) bond motifs is 1. The van der Waals surface area contributed by atoms with Crippen LogP contribution in [-0.4, -0.2) is 22.5 Å². The van der Waals surface area contributed by atoms with E-state index in [4.69, 9.17) is 10.5 Å². The van der Waals surface area contributed by atoms with Crippen LogP contribution in [-0.2, 0) is 4.79 Å². The Morgan fingerprint density at radius 2 is 2.05 bits per heavy atom. The van der Waals surface area contributed by atoms with Gasteiger partial charge in [0.15, 0.2) is 0 Å². The van der Waals surface area contributed by atoms with Crippen LogP contribution in [0.15, 0.2) is 29.1 Å². The van der Waals surface area contributed by atoms with Gasteiger partial charge in [-0.05, 0) is 24.6 Å². The van der Waals surface area contributed by atoms with E-state index in [2.05, 4.69) is 15.3 Å². The number of ether oxygens (including phenoxy) is 1. The number of aromatic nitrogens is 2. The molecule has 0 radical (unpaired) electrons. The van der Waals surface area contributed by atoms with Gasteiger partial charge in [-0.2, -0.15) is 4.98 Å². The van der Waals surface area contributed by atoms with Gasteiger partial charge >= 0.3 is 0 Å². The Hall–Kier alpha value is -2.83. The maximum absolute atomic E-state index is 12.2. The van der Waals surface area contributed by atoms with E-state index in [1.165, 1.54) is 0 Å². The van der Waals surface area contributed by atoms with Crippen molar-refractivity contribution in [3.05, 3.63) is 45.7 Å². The summed E-state index contributed by atoms with van der Waals surface area (Å²) in [5.74, 6) is 0.420. The van der Waals surface area contributed by atoms with Crippen LogP contribution in [0.4, 0.5) is 11.8 Å². The topological polar surface area (TPSA) is 110 Å². The standard InChI is InChI=1S/C15H16N4O3/c1-2-22-9-5-3-8(4-6-9)10-7-11(20)17-13-12(10)14(21)19-15(16)18-13/h3-6,10H,2,7H2,1H3,(H4,16,17,18,19,20,21)/t10-/m0/s1. The molecular formula is C15H16N4O3. The third-order valence-corrected chi connectivity index (χ3v) is 3.56. The maximum atomic E-state index is 12.2. The molecule has 114 valence electrons. The number of nitrogens with two attached hydrogens (primary N) is 1. The largest absolute Gasteiger partial charge is 0.494 e. The number of anilines is 2. The van der Waals surface area contributed by atoms with Gasteiger partial charge in [-0.25, -0.2) is 0 Å². The number of nitrogens with zero attached hydrogens (tertiary/aromatic N) is 1. The lowest BCUT2D eigenvalue weighted by atomic mass is 9.87. The van der Waals surface area contributed by atoms with E-state index in [0.717, 1.165) is 11.3 Å². The highest BCUT2D eigenvalue weighted by atomic mass is 16.5. The van der Waals surface area contributed by atoms with E-state index >= 15 is 0 Å². The van der Waals surface area contributed by atoms with E-state index in [9.17, 15) is 9.59 Å². The van der Waals surface area contributed by atoms with Gasteiger partial charge in [-0.15, -0.1) is 0 Å². The van der Waals surface area contributed by atoms with Crippen molar-refractivity contribution in [2.75, 3.05) is 17.7 Å². The molecule has 1 aliphatic heterocycles. The molecule has 1 amide bonds. The Kier molecular flexibility index (Phi) is 3.54. The predicted molar refractivity (Wildman–Crippen MR) is 82.0 cm³/mol. The molecule has 1 atom stereocenters. The van der Waals surface area contributed by atoms with Gasteiger partial charge < -0.3 is 15.8 Å². The van der Waals surface area contributed by atoms with Crippen LogP contribution < -0.4 is 21.3 Å². The van der Waals surface area contributed by atoms with E-state index < -0.39 is 0 Å². The van der Waals surface area contributed by atoms with Crippen molar-refractivity contribution in [2.45, 2.75) is 19.3 Å². The van der Waals surface area contributed by atoms with Crippen molar-refractivity contribution in [1.82, 2.24) is 9.97 Å². The molecule has 0 aliphatic carbocycles. The number of rotatable bonds is 3. The van der Waals surface area contributed by atoms with Gasteiger partial charge in [0, 0.05) is 12.3 Å². The van der Waals surface area contributed by atoms with E-state index in [1.54, 1.807) is 0 Å². The van der Waals surface area contributed by atoms with Crippen LogP contribution in [0.5, 0.6) is 5.75 Å². The Morgan fingerprint density at radius 1 is 1.32 bits per heavy atom. The van der Waals surface area contributed by atoms with Gasteiger partial charge in [0.05, 0.1) is 12.2 Å². The summed E-state index contributed by atoms with van der Waals surface area (Å²) in [6.07, 6.45) is 0.190. The minimum absolute atomic E-state index is 0.0172. The third-order valence-electron chi connectivity index (χ3n) is 3.56. The Balaban J connectivity index is 2.05. The van der Waals surface area contributed by atoms with Gasteiger partial charge in [-0.1, -0.05) is 12.1 Å². The number of carbonyl (C=O) groups excluding carboxylic acids is 1. The van der Waals surface area contributed by atoms with Crippen molar-refractivity contribution >= 4 is 17.7 Å². The van der Waals surface area contributed by atoms with Crippen molar-refractivity contribution in [1.29, 1.82) is 0 Å². The molecule has 2 heterocycles. The summed E-state index contributed by atoms with van der Waals surface area (Å²) in [5, 5.41) is 2.60. The number of hydrogen-bond acceptors (Lipinski definition) is 5. The summed E-state index contributed by atoms with van der Waals surface area (Å²) in [6, 6.07) is 7.36. The molecule has 0 bridgehead atoms. The summed E-state index contributed by atoms with van der Waals surface area (Å²) in [4.78, 5) is 30.6. The molecule has 7 nitrogen and oxygen atoms in total. The quantitative estimate of drug-likeness (QED) is 0.789.